The van der Waals surface area contributed by atoms with E-state index in [9.17, 15) is 22.8 Å². The Hall–Kier alpha value is -2.83. The lowest BCUT2D eigenvalue weighted by molar-refractivity contribution is -0.138. The minimum Gasteiger partial charge on any atom is -0.481 e. The van der Waals surface area contributed by atoms with Gasteiger partial charge in [0.25, 0.3) is 0 Å². The number of carbonyl (C=O) groups excluding carboxylic acids is 1. The minimum absolute atomic E-state index is 0.107. The molecule has 2 N–H and O–H groups in total. The van der Waals surface area contributed by atoms with E-state index < -0.39 is 23.8 Å². The number of carboxylic acid groups (broad SMARTS) is 1. The second kappa shape index (κ2) is 8.70. The average Bonchev–Trinajstić information content (AvgIpc) is 2.56. The van der Waals surface area contributed by atoms with Gasteiger partial charge in [0.05, 0.1) is 18.4 Å². The summed E-state index contributed by atoms with van der Waals surface area (Å²) in [7, 11) is 0. The van der Waals surface area contributed by atoms with Crippen LogP contribution in [0.25, 0.3) is 0 Å². The molecule has 1 atom stereocenters. The number of nitrogens with one attached hydrogen (secondary N) is 1. The molecule has 0 radical (unpaired) electrons. The third kappa shape index (κ3) is 6.44. The zero-order valence-corrected chi connectivity index (χ0v) is 14.7. The van der Waals surface area contributed by atoms with E-state index in [-0.39, 0.29) is 25.2 Å². The summed E-state index contributed by atoms with van der Waals surface area (Å²) in [4.78, 5) is 23.4. The maximum absolute atomic E-state index is 12.6. The molecule has 0 saturated carbocycles. The van der Waals surface area contributed by atoms with E-state index in [1.807, 2.05) is 31.2 Å². The summed E-state index contributed by atoms with van der Waals surface area (Å²) in [6.07, 6.45) is -4.51. The van der Waals surface area contributed by atoms with Crippen molar-refractivity contribution < 1.29 is 27.9 Å². The van der Waals surface area contributed by atoms with Gasteiger partial charge in [-0.25, -0.2) is 0 Å². The summed E-state index contributed by atoms with van der Waals surface area (Å²) in [6, 6.07) is 11.1. The lowest BCUT2D eigenvalue weighted by atomic mass is 10.0. The van der Waals surface area contributed by atoms with Crippen LogP contribution in [0.2, 0.25) is 0 Å². The summed E-state index contributed by atoms with van der Waals surface area (Å²) in [5.41, 5.74) is 1.53. The van der Waals surface area contributed by atoms with Crippen molar-refractivity contribution in [2.24, 2.45) is 0 Å². The minimum atomic E-state index is -4.43. The SMILES string of the molecule is Cc1ccccc1CC(=O)N[C@H](CC(=O)O)Cc1ccc(C(F)(F)F)cc1. The lowest BCUT2D eigenvalue weighted by Gasteiger charge is -2.18. The van der Waals surface area contributed by atoms with Crippen molar-refractivity contribution in [3.8, 4) is 0 Å². The number of hydrogen-bond acceptors (Lipinski definition) is 2. The molecule has 0 aromatic heterocycles. The van der Waals surface area contributed by atoms with Crippen LogP contribution in [0.5, 0.6) is 0 Å². The Morgan fingerprint density at radius 2 is 1.70 bits per heavy atom. The van der Waals surface area contributed by atoms with Crippen LogP contribution in [-0.4, -0.2) is 23.0 Å². The normalized spacial score (nSPS) is 12.4. The van der Waals surface area contributed by atoms with Gasteiger partial charge in [0.15, 0.2) is 0 Å². The van der Waals surface area contributed by atoms with Gasteiger partial charge in [0.2, 0.25) is 5.91 Å². The predicted molar refractivity (Wildman–Crippen MR) is 94.2 cm³/mol. The molecular weight excluding hydrogens is 359 g/mol. The number of carboxylic acids is 1. The first-order chi connectivity index (χ1) is 12.6. The number of alkyl halides is 3. The Morgan fingerprint density at radius 3 is 2.26 bits per heavy atom. The number of amides is 1. The molecule has 2 aromatic rings. The van der Waals surface area contributed by atoms with Crippen molar-refractivity contribution in [3.05, 3.63) is 70.8 Å². The van der Waals surface area contributed by atoms with E-state index in [2.05, 4.69) is 5.32 Å². The number of aliphatic carboxylic acids is 1. The fraction of sp³-hybridized carbons (Fsp3) is 0.300. The van der Waals surface area contributed by atoms with E-state index in [0.717, 1.165) is 23.3 Å². The standard InChI is InChI=1S/C20H20F3NO3/c1-13-4-2-3-5-15(13)11-18(25)24-17(12-19(26)27)10-14-6-8-16(9-7-14)20(21,22)23/h2-9,17H,10-12H2,1H3,(H,24,25)(H,26,27)/t17-/m0/s1. The maximum Gasteiger partial charge on any atom is 0.416 e. The monoisotopic (exact) mass is 379 g/mol. The molecule has 0 saturated heterocycles. The van der Waals surface area contributed by atoms with Gasteiger partial charge < -0.3 is 10.4 Å². The van der Waals surface area contributed by atoms with E-state index in [1.165, 1.54) is 12.1 Å². The molecule has 0 bridgehead atoms. The molecule has 2 aromatic carbocycles. The topological polar surface area (TPSA) is 66.4 Å². The number of hydrogen-bond donors (Lipinski definition) is 2. The van der Waals surface area contributed by atoms with Gasteiger partial charge in [0.1, 0.15) is 0 Å². The summed E-state index contributed by atoms with van der Waals surface area (Å²) in [5.74, 6) is -1.43. The van der Waals surface area contributed by atoms with Crippen molar-refractivity contribution in [3.63, 3.8) is 0 Å². The summed E-state index contributed by atoms with van der Waals surface area (Å²) in [6.45, 7) is 1.87. The number of rotatable bonds is 7. The molecule has 0 fully saturated rings. The first kappa shape index (κ1) is 20.5. The molecule has 0 aliphatic rings. The summed E-state index contributed by atoms with van der Waals surface area (Å²) >= 11 is 0. The summed E-state index contributed by atoms with van der Waals surface area (Å²) in [5, 5.41) is 11.7. The molecular formula is C20H20F3NO3. The molecule has 2 rings (SSSR count). The highest BCUT2D eigenvalue weighted by atomic mass is 19.4. The van der Waals surface area contributed by atoms with Gasteiger partial charge in [-0.2, -0.15) is 13.2 Å². The molecule has 7 heteroatoms. The van der Waals surface area contributed by atoms with Gasteiger partial charge in [-0.15, -0.1) is 0 Å². The molecule has 1 amide bonds. The van der Waals surface area contributed by atoms with Gasteiger partial charge in [-0.05, 0) is 42.2 Å². The molecule has 0 aliphatic heterocycles. The predicted octanol–water partition coefficient (Wildman–Crippen LogP) is 3.76. The van der Waals surface area contributed by atoms with Crippen LogP contribution in [-0.2, 0) is 28.6 Å². The molecule has 0 aliphatic carbocycles. The van der Waals surface area contributed by atoms with Gasteiger partial charge in [0, 0.05) is 6.04 Å². The van der Waals surface area contributed by atoms with Gasteiger partial charge >= 0.3 is 12.1 Å². The highest BCUT2D eigenvalue weighted by molar-refractivity contribution is 5.80. The Balaban J connectivity index is 2.05. The maximum atomic E-state index is 12.6. The van der Waals surface area contributed by atoms with E-state index in [1.54, 1.807) is 0 Å². The first-order valence-electron chi connectivity index (χ1n) is 8.37. The van der Waals surface area contributed by atoms with E-state index in [0.29, 0.717) is 5.56 Å². The second-order valence-electron chi connectivity index (χ2n) is 6.36. The van der Waals surface area contributed by atoms with E-state index >= 15 is 0 Å². The van der Waals surface area contributed by atoms with Crippen molar-refractivity contribution in [1.29, 1.82) is 0 Å². The van der Waals surface area contributed by atoms with Crippen LogP contribution in [0.15, 0.2) is 48.5 Å². The van der Waals surface area contributed by atoms with Crippen LogP contribution >= 0.6 is 0 Å². The largest absolute Gasteiger partial charge is 0.481 e. The van der Waals surface area contributed by atoms with Crippen LogP contribution in [0.4, 0.5) is 13.2 Å². The van der Waals surface area contributed by atoms with E-state index in [4.69, 9.17) is 5.11 Å². The Bertz CT molecular complexity index is 801. The van der Waals surface area contributed by atoms with Gasteiger partial charge in [-0.3, -0.25) is 9.59 Å². The number of carbonyl (C=O) groups is 2. The zero-order valence-electron chi connectivity index (χ0n) is 14.7. The third-order valence-electron chi connectivity index (χ3n) is 4.16. The molecule has 0 heterocycles. The Labute approximate surface area is 155 Å². The smallest absolute Gasteiger partial charge is 0.416 e. The fourth-order valence-corrected chi connectivity index (χ4v) is 2.76. The molecule has 144 valence electrons. The second-order valence-corrected chi connectivity index (χ2v) is 6.36. The van der Waals surface area contributed by atoms with Crippen molar-refractivity contribution in [2.45, 2.75) is 38.4 Å². The quantitative estimate of drug-likeness (QED) is 0.770. The van der Waals surface area contributed by atoms with Crippen LogP contribution in [0, 0.1) is 6.92 Å². The van der Waals surface area contributed by atoms with Crippen LogP contribution in [0.3, 0.4) is 0 Å². The van der Waals surface area contributed by atoms with Crippen LogP contribution < -0.4 is 5.32 Å². The average molecular weight is 379 g/mol. The highest BCUT2D eigenvalue weighted by Gasteiger charge is 2.30. The zero-order chi connectivity index (χ0) is 20.0. The molecule has 0 unspecified atom stereocenters. The number of benzene rings is 2. The van der Waals surface area contributed by atoms with Crippen molar-refractivity contribution in [1.82, 2.24) is 5.32 Å². The van der Waals surface area contributed by atoms with Crippen molar-refractivity contribution in [2.75, 3.05) is 0 Å². The van der Waals surface area contributed by atoms with Crippen LogP contribution in [0.1, 0.15) is 28.7 Å². The third-order valence-corrected chi connectivity index (χ3v) is 4.16. The highest BCUT2D eigenvalue weighted by Crippen LogP contribution is 2.29. The van der Waals surface area contributed by atoms with Crippen molar-refractivity contribution >= 4 is 11.9 Å². The Kier molecular flexibility index (Phi) is 6.60. The number of aryl methyl sites for hydroxylation is 1. The lowest BCUT2D eigenvalue weighted by Crippen LogP contribution is -2.39. The molecule has 27 heavy (non-hydrogen) atoms. The van der Waals surface area contributed by atoms with Gasteiger partial charge in [-0.1, -0.05) is 36.4 Å². The number of halogens is 3. The molecule has 0 spiro atoms. The summed E-state index contributed by atoms with van der Waals surface area (Å²) < 4.78 is 37.9. The fourth-order valence-electron chi connectivity index (χ4n) is 2.76. The molecule has 4 nitrogen and oxygen atoms in total. The first-order valence-corrected chi connectivity index (χ1v) is 8.37. The Morgan fingerprint density at radius 1 is 1.07 bits per heavy atom.